The second-order valence-electron chi connectivity index (χ2n) is 3.69. The van der Waals surface area contributed by atoms with Gasteiger partial charge >= 0.3 is 0 Å². The molecule has 2 rings (SSSR count). The molecule has 0 aromatic heterocycles. The van der Waals surface area contributed by atoms with E-state index in [1.165, 1.54) is 25.0 Å². The minimum Gasteiger partial charge on any atom is -0.489 e. The number of hydrogen-bond acceptors (Lipinski definition) is 2. The molecule has 0 heterocycles. The fourth-order valence-electron chi connectivity index (χ4n) is 1.81. The van der Waals surface area contributed by atoms with Gasteiger partial charge in [-0.05, 0) is 37.8 Å². The molecule has 0 N–H and O–H groups in total. The van der Waals surface area contributed by atoms with E-state index in [4.69, 9.17) is 16.3 Å². The average Bonchev–Trinajstić information content (AvgIpc) is 2.74. The van der Waals surface area contributed by atoms with Crippen molar-refractivity contribution in [1.82, 2.24) is 0 Å². The Labute approximate surface area is 92.8 Å². The predicted octanol–water partition coefficient (Wildman–Crippen LogP) is 3.92. The summed E-state index contributed by atoms with van der Waals surface area (Å²) in [7, 11) is 0. The van der Waals surface area contributed by atoms with Crippen molar-refractivity contribution in [3.05, 3.63) is 23.2 Å². The van der Waals surface area contributed by atoms with Crippen LogP contribution in [0.5, 0.6) is 11.5 Å². The Balaban J connectivity index is 2.07. The molecule has 0 saturated heterocycles. The Morgan fingerprint density at radius 2 is 2.00 bits per heavy atom. The lowest BCUT2D eigenvalue weighted by Gasteiger charge is -2.14. The zero-order chi connectivity index (χ0) is 10.7. The van der Waals surface area contributed by atoms with Gasteiger partial charge < -0.3 is 4.74 Å². The molecule has 1 aromatic rings. The summed E-state index contributed by atoms with van der Waals surface area (Å²) in [5.41, 5.74) is 0. The van der Waals surface area contributed by atoms with E-state index in [1.807, 2.05) is 0 Å². The molecular formula is C11H12ClFO2. The van der Waals surface area contributed by atoms with Gasteiger partial charge in [-0.1, -0.05) is 11.6 Å². The largest absolute Gasteiger partial charge is 0.489 e. The smallest absolute Gasteiger partial charge is 0.173 e. The molecule has 2 nitrogen and oxygen atoms in total. The van der Waals surface area contributed by atoms with Gasteiger partial charge in [-0.25, -0.2) is 0 Å². The summed E-state index contributed by atoms with van der Waals surface area (Å²) in [6, 6.07) is 4.54. The van der Waals surface area contributed by atoms with Crippen LogP contribution in [-0.4, -0.2) is 6.10 Å². The molecule has 4 heteroatoms. The molecule has 15 heavy (non-hydrogen) atoms. The lowest BCUT2D eigenvalue weighted by atomic mass is 10.3. The van der Waals surface area contributed by atoms with Gasteiger partial charge in [0.1, 0.15) is 5.75 Å². The van der Waals surface area contributed by atoms with Gasteiger partial charge in [0, 0.05) is 10.6 Å². The molecule has 0 spiro atoms. The predicted molar refractivity (Wildman–Crippen MR) is 56.1 cm³/mol. The molecule has 1 fully saturated rings. The lowest BCUT2D eigenvalue weighted by Crippen LogP contribution is -2.10. The Bertz CT molecular complexity index is 337. The highest BCUT2D eigenvalue weighted by molar-refractivity contribution is 6.32. The first-order valence-corrected chi connectivity index (χ1v) is 5.42. The molecule has 0 bridgehead atoms. The first kappa shape index (κ1) is 10.6. The van der Waals surface area contributed by atoms with Crippen LogP contribution in [0, 0.1) is 0 Å². The number of ether oxygens (including phenoxy) is 1. The molecule has 82 valence electrons. The third-order valence-electron chi connectivity index (χ3n) is 2.59. The van der Waals surface area contributed by atoms with E-state index in [0.29, 0.717) is 10.8 Å². The van der Waals surface area contributed by atoms with Crippen LogP contribution in [0.1, 0.15) is 25.7 Å². The highest BCUT2D eigenvalue weighted by atomic mass is 35.5. The highest BCUT2D eigenvalue weighted by Gasteiger charge is 2.17. The zero-order valence-electron chi connectivity index (χ0n) is 8.21. The van der Waals surface area contributed by atoms with Crippen LogP contribution in [0.15, 0.2) is 18.2 Å². The van der Waals surface area contributed by atoms with E-state index < -0.39 is 0 Å². The summed E-state index contributed by atoms with van der Waals surface area (Å²) >= 11 is 5.91. The van der Waals surface area contributed by atoms with Gasteiger partial charge in [-0.15, -0.1) is 0 Å². The van der Waals surface area contributed by atoms with Crippen LogP contribution < -0.4 is 9.68 Å². The third kappa shape index (κ3) is 2.53. The van der Waals surface area contributed by atoms with Gasteiger partial charge in [0.2, 0.25) is 0 Å². The second kappa shape index (κ2) is 4.71. The summed E-state index contributed by atoms with van der Waals surface area (Å²) in [5.74, 6) is 0.697. The lowest BCUT2D eigenvalue weighted by molar-refractivity contribution is -0.00627. The van der Waals surface area contributed by atoms with Crippen LogP contribution in [-0.2, 0) is 0 Å². The molecule has 0 amide bonds. The van der Waals surface area contributed by atoms with Gasteiger partial charge in [-0.3, -0.25) is 4.94 Å². The first-order valence-electron chi connectivity index (χ1n) is 5.04. The van der Waals surface area contributed by atoms with Crippen LogP contribution in [0.2, 0.25) is 5.02 Å². The van der Waals surface area contributed by atoms with E-state index in [0.717, 1.165) is 12.8 Å². The number of hydrogen-bond donors (Lipinski definition) is 0. The molecule has 1 aliphatic carbocycles. The van der Waals surface area contributed by atoms with Crippen molar-refractivity contribution in [3.8, 4) is 11.5 Å². The Hall–Kier alpha value is -0.960. The van der Waals surface area contributed by atoms with Crippen molar-refractivity contribution in [3.63, 3.8) is 0 Å². The topological polar surface area (TPSA) is 18.5 Å². The quantitative estimate of drug-likeness (QED) is 0.784. The summed E-state index contributed by atoms with van der Waals surface area (Å²) in [6.07, 6.45) is 4.79. The SMILES string of the molecule is FOc1ccc(OC2CCCC2)c(Cl)c1. The van der Waals surface area contributed by atoms with Crippen LogP contribution >= 0.6 is 11.6 Å². The fraction of sp³-hybridized carbons (Fsp3) is 0.455. The van der Waals surface area contributed by atoms with E-state index in [-0.39, 0.29) is 11.9 Å². The average molecular weight is 231 g/mol. The molecule has 0 atom stereocenters. The normalized spacial score (nSPS) is 16.7. The summed E-state index contributed by atoms with van der Waals surface area (Å²) in [6.45, 7) is 0. The van der Waals surface area contributed by atoms with E-state index in [9.17, 15) is 4.53 Å². The minimum absolute atomic E-state index is 0.0961. The number of rotatable bonds is 3. The first-order chi connectivity index (χ1) is 7.29. The van der Waals surface area contributed by atoms with E-state index in [1.54, 1.807) is 6.07 Å². The Kier molecular flexibility index (Phi) is 3.31. The molecular weight excluding hydrogens is 219 g/mol. The second-order valence-corrected chi connectivity index (χ2v) is 4.10. The molecule has 1 saturated carbocycles. The minimum atomic E-state index is 0.0961. The van der Waals surface area contributed by atoms with Gasteiger partial charge in [-0.2, -0.15) is 0 Å². The highest BCUT2D eigenvalue weighted by Crippen LogP contribution is 2.32. The van der Waals surface area contributed by atoms with Crippen LogP contribution in [0.25, 0.3) is 0 Å². The van der Waals surface area contributed by atoms with Crippen molar-refractivity contribution in [2.75, 3.05) is 0 Å². The molecule has 0 unspecified atom stereocenters. The monoisotopic (exact) mass is 230 g/mol. The van der Waals surface area contributed by atoms with Crippen molar-refractivity contribution >= 4 is 11.6 Å². The maximum absolute atomic E-state index is 11.8. The Morgan fingerprint density at radius 1 is 1.27 bits per heavy atom. The summed E-state index contributed by atoms with van der Waals surface area (Å²) in [4.78, 5) is 3.58. The Morgan fingerprint density at radius 3 is 2.60 bits per heavy atom. The van der Waals surface area contributed by atoms with Crippen LogP contribution in [0.4, 0.5) is 4.53 Å². The standard InChI is InChI=1S/C11H12ClFO2/c12-10-7-9(15-13)5-6-11(10)14-8-3-1-2-4-8/h5-8H,1-4H2. The number of benzene rings is 1. The number of halogens is 2. The van der Waals surface area contributed by atoms with Gasteiger partial charge in [0.15, 0.2) is 5.75 Å². The van der Waals surface area contributed by atoms with Gasteiger partial charge in [0.05, 0.1) is 11.1 Å². The van der Waals surface area contributed by atoms with Crippen molar-refractivity contribution in [2.45, 2.75) is 31.8 Å². The molecule has 1 aromatic carbocycles. The van der Waals surface area contributed by atoms with Crippen LogP contribution in [0.3, 0.4) is 0 Å². The van der Waals surface area contributed by atoms with Crippen molar-refractivity contribution in [1.29, 1.82) is 0 Å². The zero-order valence-corrected chi connectivity index (χ0v) is 8.97. The molecule has 0 radical (unpaired) electrons. The summed E-state index contributed by atoms with van der Waals surface area (Å²) < 4.78 is 17.5. The van der Waals surface area contributed by atoms with E-state index >= 15 is 0 Å². The van der Waals surface area contributed by atoms with Gasteiger partial charge in [0.25, 0.3) is 0 Å². The molecule has 0 aliphatic heterocycles. The third-order valence-corrected chi connectivity index (χ3v) is 2.88. The van der Waals surface area contributed by atoms with E-state index in [2.05, 4.69) is 4.94 Å². The maximum Gasteiger partial charge on any atom is 0.173 e. The fourth-order valence-corrected chi connectivity index (χ4v) is 2.03. The van der Waals surface area contributed by atoms with Crippen molar-refractivity contribution in [2.24, 2.45) is 0 Å². The summed E-state index contributed by atoms with van der Waals surface area (Å²) in [5, 5.41) is 0.386. The van der Waals surface area contributed by atoms with Crippen molar-refractivity contribution < 1.29 is 14.2 Å². The maximum atomic E-state index is 11.8. The molecule has 1 aliphatic rings.